The first-order valence-corrected chi connectivity index (χ1v) is 16.4. The molecule has 39 heavy (non-hydrogen) atoms. The Bertz CT molecular complexity index is 1180. The molecule has 0 bridgehead atoms. The summed E-state index contributed by atoms with van der Waals surface area (Å²) in [7, 11) is -2.93. The summed E-state index contributed by atoms with van der Waals surface area (Å²) >= 11 is 0. The molecule has 0 aliphatic carbocycles. The van der Waals surface area contributed by atoms with Crippen molar-refractivity contribution in [2.45, 2.75) is 70.7 Å². The summed E-state index contributed by atoms with van der Waals surface area (Å²) in [6, 6.07) is 3.23. The Morgan fingerprint density at radius 2 is 1.97 bits per heavy atom. The van der Waals surface area contributed by atoms with Gasteiger partial charge >= 0.3 is 5.69 Å². The van der Waals surface area contributed by atoms with Crippen LogP contribution in [0.2, 0.25) is 0 Å². The molecule has 1 aliphatic rings. The van der Waals surface area contributed by atoms with Gasteiger partial charge in [0.15, 0.2) is 6.23 Å². The number of likely N-dealkylation sites (N-methyl/N-ethyl adjacent to an activating group) is 1. The molecular weight excluding hydrogens is 548 g/mol. The first kappa shape index (κ1) is 33.0. The second-order valence-electron chi connectivity index (χ2n) is 9.85. The summed E-state index contributed by atoms with van der Waals surface area (Å²) in [5, 5.41) is 11.5. The number of nitrogens with one attached hydrogen (secondary N) is 2. The first-order valence-electron chi connectivity index (χ1n) is 12.6. The van der Waals surface area contributed by atoms with Gasteiger partial charge in [-0.15, -0.1) is 0 Å². The third kappa shape index (κ3) is 9.76. The number of hydrogen-bond acceptors (Lipinski definition) is 10. The number of aromatic nitrogens is 2. The summed E-state index contributed by atoms with van der Waals surface area (Å²) in [5.41, 5.74) is -1.32. The van der Waals surface area contributed by atoms with Crippen LogP contribution in [0.1, 0.15) is 40.3 Å². The summed E-state index contributed by atoms with van der Waals surface area (Å²) in [4.78, 5) is 38.7. The Morgan fingerprint density at radius 1 is 1.31 bits per heavy atom. The van der Waals surface area contributed by atoms with Crippen LogP contribution in [0.25, 0.3) is 0 Å². The van der Waals surface area contributed by atoms with Crippen molar-refractivity contribution in [3.63, 3.8) is 0 Å². The molecule has 0 aromatic carbocycles. The number of ether oxygens (including phenoxy) is 2. The van der Waals surface area contributed by atoms with E-state index >= 15 is 0 Å². The number of nitriles is 1. The van der Waals surface area contributed by atoms with Crippen molar-refractivity contribution in [2.75, 3.05) is 33.6 Å². The Kier molecular flexibility index (Phi) is 12.7. The number of carbonyl (C=O) groups excluding carboxylic acids is 1. The fraction of sp³-hybridized carbons (Fsp3) is 0.667. The molecule has 2 heterocycles. The molecule has 1 aromatic rings. The minimum atomic E-state index is -2.62. The highest BCUT2D eigenvalue weighted by Gasteiger charge is 2.49. The number of rotatable bonds is 14. The molecule has 1 unspecified atom stereocenters. The van der Waals surface area contributed by atoms with Crippen LogP contribution >= 0.6 is 15.7 Å². The molecule has 0 spiro atoms. The SMILES string of the molecule is CNC(=O)CO[C@@H]1[C@H](OP(OCCC#N)N(C(C)C)C(C)C)[C@@H](/C=C/P(C)(C)=O)O[C@H]1n1ccc(=O)[nH]c1=O. The number of amides is 1. The average Bonchev–Trinajstić information content (AvgIpc) is 3.17. The van der Waals surface area contributed by atoms with E-state index in [1.54, 1.807) is 19.4 Å². The van der Waals surface area contributed by atoms with Gasteiger partial charge in [-0.2, -0.15) is 5.26 Å². The summed E-state index contributed by atoms with van der Waals surface area (Å²) in [6.45, 7) is 10.9. The summed E-state index contributed by atoms with van der Waals surface area (Å²) in [6.07, 6.45) is -0.879. The van der Waals surface area contributed by atoms with Gasteiger partial charge in [0.05, 0.1) is 19.1 Å². The third-order valence-corrected chi connectivity index (χ3v) is 8.56. The average molecular weight is 588 g/mol. The standard InChI is InChI=1S/C24H39N5O8P2/c1-16(2)29(17(3)4)38(35-13-8-11-25)37-21-18(10-14-39(6,7)33)36-23(22(21)34-15-20(31)26-5)28-12-9-19(30)27-24(28)32/h9-10,12,14,16-18,21-23H,8,13,15H2,1-7H3,(H,26,31)(H,27,30,32)/b14-10+/t18-,21-,22-,23-,38?/m1/s1. The number of H-pyrrole nitrogens is 1. The lowest BCUT2D eigenvalue weighted by atomic mass is 10.1. The van der Waals surface area contributed by atoms with Gasteiger partial charge in [0.1, 0.15) is 32.1 Å². The molecule has 218 valence electrons. The Labute approximate surface area is 229 Å². The van der Waals surface area contributed by atoms with Crippen LogP contribution in [-0.4, -0.2) is 84.1 Å². The van der Waals surface area contributed by atoms with Crippen LogP contribution in [0.5, 0.6) is 0 Å². The Balaban J connectivity index is 2.61. The van der Waals surface area contributed by atoms with Gasteiger partial charge in [0.2, 0.25) is 5.91 Å². The molecule has 1 aromatic heterocycles. The fourth-order valence-electron chi connectivity index (χ4n) is 3.90. The van der Waals surface area contributed by atoms with E-state index < -0.39 is 57.4 Å². The highest BCUT2D eigenvalue weighted by molar-refractivity contribution is 7.65. The normalized spacial score (nSPS) is 22.6. The molecule has 15 heteroatoms. The predicted octanol–water partition coefficient (Wildman–Crippen LogP) is 2.36. The molecule has 5 atom stereocenters. The van der Waals surface area contributed by atoms with Gasteiger partial charge in [-0.1, -0.05) is 0 Å². The Hall–Kier alpha value is -2.16. The van der Waals surface area contributed by atoms with Crippen molar-refractivity contribution in [2.24, 2.45) is 0 Å². The van der Waals surface area contributed by atoms with Crippen molar-refractivity contribution >= 4 is 21.6 Å². The van der Waals surface area contributed by atoms with E-state index in [2.05, 4.69) is 16.4 Å². The van der Waals surface area contributed by atoms with Gasteiger partial charge in [-0.25, -0.2) is 9.46 Å². The van der Waals surface area contributed by atoms with Crippen molar-refractivity contribution < 1.29 is 27.9 Å². The topological polar surface area (TPSA) is 165 Å². The number of nitrogens with zero attached hydrogens (tertiary/aromatic N) is 3. The monoisotopic (exact) mass is 587 g/mol. The molecule has 2 rings (SSSR count). The van der Waals surface area contributed by atoms with Gasteiger partial charge in [0.25, 0.3) is 14.1 Å². The van der Waals surface area contributed by atoms with Crippen LogP contribution in [0, 0.1) is 11.3 Å². The number of hydrogen-bond donors (Lipinski definition) is 2. The van der Waals surface area contributed by atoms with E-state index in [1.165, 1.54) is 25.1 Å². The fourth-order valence-corrected chi connectivity index (χ4v) is 6.24. The molecule has 1 aliphatic heterocycles. The highest BCUT2D eigenvalue weighted by Crippen LogP contribution is 2.51. The molecule has 1 fully saturated rings. The molecule has 0 radical (unpaired) electrons. The highest BCUT2D eigenvalue weighted by atomic mass is 31.2. The van der Waals surface area contributed by atoms with Gasteiger partial charge < -0.3 is 28.4 Å². The molecule has 1 saturated heterocycles. The van der Waals surface area contributed by atoms with Crippen LogP contribution < -0.4 is 16.6 Å². The smallest absolute Gasteiger partial charge is 0.330 e. The number of carbonyl (C=O) groups is 1. The van der Waals surface area contributed by atoms with E-state index in [0.29, 0.717) is 0 Å². The maximum absolute atomic E-state index is 12.7. The largest absolute Gasteiger partial charge is 0.361 e. The predicted molar refractivity (Wildman–Crippen MR) is 148 cm³/mol. The first-order chi connectivity index (χ1) is 18.3. The minimum absolute atomic E-state index is 0.00358. The quantitative estimate of drug-likeness (QED) is 0.244. The van der Waals surface area contributed by atoms with Crippen molar-refractivity contribution in [3.8, 4) is 6.07 Å². The van der Waals surface area contributed by atoms with Crippen molar-refractivity contribution in [1.29, 1.82) is 5.26 Å². The van der Waals surface area contributed by atoms with Crippen LogP contribution in [-0.2, 0) is 27.9 Å². The zero-order chi connectivity index (χ0) is 29.3. The third-order valence-electron chi connectivity index (χ3n) is 5.55. The molecule has 2 N–H and O–H groups in total. The van der Waals surface area contributed by atoms with Crippen molar-refractivity contribution in [3.05, 3.63) is 45.0 Å². The lowest BCUT2D eigenvalue weighted by Gasteiger charge is -2.38. The molecule has 1 amide bonds. The molecule has 0 saturated carbocycles. The lowest BCUT2D eigenvalue weighted by Crippen LogP contribution is -2.42. The van der Waals surface area contributed by atoms with E-state index in [-0.39, 0.29) is 31.7 Å². The zero-order valence-corrected chi connectivity index (χ0v) is 25.2. The van der Waals surface area contributed by atoms with E-state index in [0.717, 1.165) is 4.57 Å². The lowest BCUT2D eigenvalue weighted by molar-refractivity contribution is -0.132. The summed E-state index contributed by atoms with van der Waals surface area (Å²) < 4.78 is 40.5. The Morgan fingerprint density at radius 3 is 2.51 bits per heavy atom. The zero-order valence-electron chi connectivity index (χ0n) is 23.4. The van der Waals surface area contributed by atoms with E-state index in [9.17, 15) is 18.9 Å². The van der Waals surface area contributed by atoms with E-state index in [1.807, 2.05) is 32.4 Å². The maximum Gasteiger partial charge on any atom is 0.330 e. The van der Waals surface area contributed by atoms with Gasteiger partial charge in [-0.3, -0.25) is 19.1 Å². The van der Waals surface area contributed by atoms with E-state index in [4.69, 9.17) is 23.8 Å². The second kappa shape index (κ2) is 15.0. The van der Waals surface area contributed by atoms with Crippen molar-refractivity contribution in [1.82, 2.24) is 19.5 Å². The van der Waals surface area contributed by atoms with Crippen LogP contribution in [0.15, 0.2) is 33.7 Å². The summed E-state index contributed by atoms with van der Waals surface area (Å²) in [5.74, 6) is 1.12. The molecular formula is C24H39N5O8P2. The minimum Gasteiger partial charge on any atom is -0.361 e. The van der Waals surface area contributed by atoms with Crippen LogP contribution in [0.3, 0.4) is 0 Å². The molecule has 13 nitrogen and oxygen atoms in total. The number of aromatic amines is 1. The van der Waals surface area contributed by atoms with Gasteiger partial charge in [0, 0.05) is 31.4 Å². The van der Waals surface area contributed by atoms with Gasteiger partial charge in [-0.05, 0) is 52.9 Å². The van der Waals surface area contributed by atoms with Crippen LogP contribution in [0.4, 0.5) is 0 Å². The second-order valence-corrected chi connectivity index (χ2v) is 14.4. The maximum atomic E-state index is 12.7.